The van der Waals surface area contributed by atoms with Gasteiger partial charge in [-0.25, -0.2) is 9.97 Å². The summed E-state index contributed by atoms with van der Waals surface area (Å²) >= 11 is 0. The number of carbonyl (C=O) groups excluding carboxylic acids is 1. The van der Waals surface area contributed by atoms with Gasteiger partial charge in [-0.3, -0.25) is 4.79 Å². The maximum Gasteiger partial charge on any atom is 0.260 e. The first-order valence-corrected chi connectivity index (χ1v) is 9.63. The van der Waals surface area contributed by atoms with Crippen molar-refractivity contribution in [2.45, 2.75) is 6.42 Å². The van der Waals surface area contributed by atoms with Crippen LogP contribution < -0.4 is 9.64 Å². The van der Waals surface area contributed by atoms with E-state index in [1.807, 2.05) is 60.3 Å². The molecule has 2 aromatic rings. The minimum atomic E-state index is 0.0285. The molecule has 1 fully saturated rings. The molecule has 1 aromatic heterocycles. The number of nitrogens with zero attached hydrogens (tertiary/aromatic N) is 5. The van der Waals surface area contributed by atoms with E-state index in [-0.39, 0.29) is 12.5 Å². The number of aromatic nitrogens is 2. The van der Waals surface area contributed by atoms with Crippen LogP contribution in [0, 0.1) is 5.92 Å². The normalized spacial score (nSPS) is 17.8. The lowest BCUT2D eigenvalue weighted by atomic mass is 10.0. The quantitative estimate of drug-likeness (QED) is 0.754. The smallest absolute Gasteiger partial charge is 0.260 e. The molecule has 1 aliphatic heterocycles. The fraction of sp³-hybridized carbons (Fsp3) is 0.476. The van der Waals surface area contributed by atoms with Crippen molar-refractivity contribution < 1.29 is 9.53 Å². The first-order valence-electron chi connectivity index (χ1n) is 9.63. The van der Waals surface area contributed by atoms with Gasteiger partial charge in [0.25, 0.3) is 5.91 Å². The van der Waals surface area contributed by atoms with Crippen LogP contribution in [0.25, 0.3) is 0 Å². The molecular formula is C21H29N5O2. The van der Waals surface area contributed by atoms with Gasteiger partial charge >= 0.3 is 0 Å². The molecule has 0 unspecified atom stereocenters. The van der Waals surface area contributed by atoms with Crippen LogP contribution in [-0.2, 0) is 11.2 Å². The molecular weight excluding hydrogens is 354 g/mol. The van der Waals surface area contributed by atoms with Crippen LogP contribution in [0.4, 0.5) is 5.82 Å². The van der Waals surface area contributed by atoms with E-state index < -0.39 is 0 Å². The summed E-state index contributed by atoms with van der Waals surface area (Å²) in [5.41, 5.74) is 1.01. The largest absolute Gasteiger partial charge is 0.484 e. The van der Waals surface area contributed by atoms with Gasteiger partial charge in [-0.2, -0.15) is 0 Å². The Labute approximate surface area is 166 Å². The molecule has 1 saturated heterocycles. The molecule has 0 bridgehead atoms. The second-order valence-corrected chi connectivity index (χ2v) is 7.54. The molecule has 0 aliphatic carbocycles. The van der Waals surface area contributed by atoms with Crippen LogP contribution in [0.3, 0.4) is 0 Å². The zero-order chi connectivity index (χ0) is 19.9. The summed E-state index contributed by atoms with van der Waals surface area (Å²) in [5.74, 6) is 1.96. The highest BCUT2D eigenvalue weighted by molar-refractivity contribution is 5.77. The van der Waals surface area contributed by atoms with Crippen LogP contribution in [0.1, 0.15) is 5.69 Å². The van der Waals surface area contributed by atoms with Gasteiger partial charge in [0.15, 0.2) is 6.61 Å². The summed E-state index contributed by atoms with van der Waals surface area (Å²) < 4.78 is 5.65. The molecule has 7 heteroatoms. The number of rotatable bonds is 6. The van der Waals surface area contributed by atoms with Crippen LogP contribution in [0.5, 0.6) is 5.75 Å². The predicted octanol–water partition coefficient (Wildman–Crippen LogP) is 1.55. The van der Waals surface area contributed by atoms with Crippen molar-refractivity contribution in [2.24, 2.45) is 5.92 Å². The molecule has 0 spiro atoms. The summed E-state index contributed by atoms with van der Waals surface area (Å²) in [6.07, 6.45) is 2.43. The summed E-state index contributed by atoms with van der Waals surface area (Å²) in [6.45, 7) is 3.29. The first-order chi connectivity index (χ1) is 13.5. The zero-order valence-electron chi connectivity index (χ0n) is 16.9. The van der Waals surface area contributed by atoms with Crippen molar-refractivity contribution in [2.75, 3.05) is 58.8 Å². The van der Waals surface area contributed by atoms with Gasteiger partial charge in [0, 0.05) is 52.0 Å². The lowest BCUT2D eigenvalue weighted by Gasteiger charge is -2.24. The number of carbonyl (C=O) groups is 1. The third kappa shape index (κ3) is 5.66. The van der Waals surface area contributed by atoms with Crippen molar-refractivity contribution in [1.29, 1.82) is 0 Å². The van der Waals surface area contributed by atoms with E-state index >= 15 is 0 Å². The Morgan fingerprint density at radius 1 is 1.18 bits per heavy atom. The first kappa shape index (κ1) is 20.1. The summed E-state index contributed by atoms with van der Waals surface area (Å²) in [7, 11) is 6.05. The van der Waals surface area contributed by atoms with Crippen LogP contribution in [0.2, 0.25) is 0 Å². The van der Waals surface area contributed by atoms with Gasteiger partial charge < -0.3 is 19.4 Å². The van der Waals surface area contributed by atoms with Crippen molar-refractivity contribution in [3.63, 3.8) is 0 Å². The van der Waals surface area contributed by atoms with E-state index in [0.717, 1.165) is 43.3 Å². The fourth-order valence-electron chi connectivity index (χ4n) is 3.43. The number of amides is 1. The number of anilines is 1. The average Bonchev–Trinajstić information content (AvgIpc) is 2.88. The molecule has 2 heterocycles. The highest BCUT2D eigenvalue weighted by Gasteiger charge is 2.25. The molecule has 0 saturated carbocycles. The molecule has 0 N–H and O–H groups in total. The van der Waals surface area contributed by atoms with E-state index in [1.165, 1.54) is 0 Å². The molecule has 1 atom stereocenters. The van der Waals surface area contributed by atoms with Crippen molar-refractivity contribution in [3.8, 4) is 5.75 Å². The topological polar surface area (TPSA) is 61.8 Å². The highest BCUT2D eigenvalue weighted by atomic mass is 16.5. The number of hydrogen-bond acceptors (Lipinski definition) is 6. The van der Waals surface area contributed by atoms with Gasteiger partial charge in [-0.15, -0.1) is 0 Å². The Morgan fingerprint density at radius 2 is 1.96 bits per heavy atom. The van der Waals surface area contributed by atoms with Crippen LogP contribution >= 0.6 is 0 Å². The van der Waals surface area contributed by atoms with Crippen molar-refractivity contribution >= 4 is 11.7 Å². The Kier molecular flexibility index (Phi) is 6.81. The van der Waals surface area contributed by atoms with Gasteiger partial charge in [0.2, 0.25) is 0 Å². The molecule has 0 radical (unpaired) electrons. The number of ether oxygens (including phenoxy) is 1. The highest BCUT2D eigenvalue weighted by Crippen LogP contribution is 2.16. The molecule has 1 aromatic carbocycles. The molecule has 150 valence electrons. The third-order valence-electron chi connectivity index (χ3n) is 4.92. The third-order valence-corrected chi connectivity index (χ3v) is 4.92. The van der Waals surface area contributed by atoms with E-state index in [4.69, 9.17) is 4.74 Å². The maximum absolute atomic E-state index is 12.7. The second kappa shape index (κ2) is 9.50. The monoisotopic (exact) mass is 383 g/mol. The minimum Gasteiger partial charge on any atom is -0.484 e. The predicted molar refractivity (Wildman–Crippen MR) is 110 cm³/mol. The van der Waals surface area contributed by atoms with Crippen LogP contribution in [0.15, 0.2) is 42.7 Å². The minimum absolute atomic E-state index is 0.0285. The van der Waals surface area contributed by atoms with Gasteiger partial charge in [-0.05, 0) is 31.5 Å². The van der Waals surface area contributed by atoms with E-state index in [1.54, 1.807) is 6.33 Å². The Hall–Kier alpha value is -2.67. The molecule has 3 rings (SSSR count). The summed E-state index contributed by atoms with van der Waals surface area (Å²) in [6, 6.07) is 11.5. The molecule has 1 aliphatic rings. The maximum atomic E-state index is 12.7. The number of benzene rings is 1. The van der Waals surface area contributed by atoms with Crippen LogP contribution in [-0.4, -0.2) is 79.6 Å². The lowest BCUT2D eigenvalue weighted by molar-refractivity contribution is -0.133. The summed E-state index contributed by atoms with van der Waals surface area (Å²) in [5, 5.41) is 0. The molecule has 7 nitrogen and oxygen atoms in total. The number of para-hydroxylation sites is 1. The molecule has 28 heavy (non-hydrogen) atoms. The number of likely N-dealkylation sites (N-methyl/N-ethyl adjacent to an activating group) is 1. The summed E-state index contributed by atoms with van der Waals surface area (Å²) in [4.78, 5) is 27.6. The Bertz CT molecular complexity index is 768. The van der Waals surface area contributed by atoms with Gasteiger partial charge in [0.1, 0.15) is 17.9 Å². The van der Waals surface area contributed by atoms with E-state index in [9.17, 15) is 4.79 Å². The Balaban J connectivity index is 1.62. The van der Waals surface area contributed by atoms with E-state index in [2.05, 4.69) is 21.9 Å². The second-order valence-electron chi connectivity index (χ2n) is 7.54. The Morgan fingerprint density at radius 3 is 2.71 bits per heavy atom. The van der Waals surface area contributed by atoms with Gasteiger partial charge in [-0.1, -0.05) is 18.2 Å². The fourth-order valence-corrected chi connectivity index (χ4v) is 3.43. The standard InChI is InChI=1S/C21H29N5O2/c1-24(2)20-12-18(22-16-23-20)11-17-13-25(3)9-10-26(14-17)21(27)15-28-19-7-5-4-6-8-19/h4-8,12,16-17H,9-11,13-15H2,1-3H3/t17-/m0/s1. The SMILES string of the molecule is CN1CCN(C(=O)COc2ccccc2)C[C@@H](Cc2cc(N(C)C)ncn2)C1. The average molecular weight is 383 g/mol. The van der Waals surface area contributed by atoms with E-state index in [0.29, 0.717) is 12.5 Å². The molecule has 1 amide bonds. The number of hydrogen-bond donors (Lipinski definition) is 0. The zero-order valence-corrected chi connectivity index (χ0v) is 16.9. The van der Waals surface area contributed by atoms with Crippen molar-refractivity contribution in [1.82, 2.24) is 19.8 Å². The van der Waals surface area contributed by atoms with Gasteiger partial charge in [0.05, 0.1) is 0 Å². The van der Waals surface area contributed by atoms with Crippen molar-refractivity contribution in [3.05, 3.63) is 48.4 Å². The lowest BCUT2D eigenvalue weighted by Crippen LogP contribution is -2.39.